The Kier molecular flexibility index (Phi) is 5.19. The van der Waals surface area contributed by atoms with Crippen molar-refractivity contribution in [3.8, 4) is 6.07 Å². The maximum Gasteiger partial charge on any atom is 0.246 e. The Morgan fingerprint density at radius 3 is 2.58 bits per heavy atom. The van der Waals surface area contributed by atoms with Gasteiger partial charge in [0.1, 0.15) is 11.6 Å². The molecule has 0 spiro atoms. The summed E-state index contributed by atoms with van der Waals surface area (Å²) >= 11 is 0. The topological polar surface area (TPSA) is 44.1 Å². The van der Waals surface area contributed by atoms with Crippen LogP contribution < -0.4 is 0 Å². The van der Waals surface area contributed by atoms with Crippen LogP contribution in [-0.4, -0.2) is 24.4 Å². The highest BCUT2D eigenvalue weighted by molar-refractivity contribution is 5.91. The van der Waals surface area contributed by atoms with Crippen LogP contribution in [0.25, 0.3) is 6.08 Å². The molecule has 5 heteroatoms. The molecule has 100 valence electrons. The number of hydrogen-bond donors (Lipinski definition) is 0. The van der Waals surface area contributed by atoms with Crippen molar-refractivity contribution in [2.45, 2.75) is 6.92 Å². The SMILES string of the molecule is CC(C#N)CN(C)C(=O)C=Cc1c(F)cccc1F. The first-order chi connectivity index (χ1) is 8.95. The van der Waals surface area contributed by atoms with Gasteiger partial charge in [0.15, 0.2) is 0 Å². The molecule has 1 unspecified atom stereocenters. The van der Waals surface area contributed by atoms with E-state index in [1.807, 2.05) is 6.07 Å². The predicted octanol–water partition coefficient (Wildman–Crippen LogP) is 2.60. The van der Waals surface area contributed by atoms with Crippen molar-refractivity contribution in [3.63, 3.8) is 0 Å². The minimum Gasteiger partial charge on any atom is -0.341 e. The molecule has 1 amide bonds. The van der Waals surface area contributed by atoms with E-state index in [-0.39, 0.29) is 18.0 Å². The Hall–Kier alpha value is -2.22. The number of amides is 1. The third-order valence-corrected chi connectivity index (χ3v) is 2.54. The molecule has 1 atom stereocenters. The molecule has 0 fully saturated rings. The maximum atomic E-state index is 13.3. The van der Waals surface area contributed by atoms with Crippen molar-refractivity contribution in [2.75, 3.05) is 13.6 Å². The zero-order chi connectivity index (χ0) is 14.4. The van der Waals surface area contributed by atoms with Gasteiger partial charge in [0.25, 0.3) is 0 Å². The van der Waals surface area contributed by atoms with Gasteiger partial charge in [0.05, 0.1) is 12.0 Å². The number of carbonyl (C=O) groups is 1. The molecule has 0 aromatic heterocycles. The van der Waals surface area contributed by atoms with Crippen LogP contribution in [-0.2, 0) is 4.79 Å². The van der Waals surface area contributed by atoms with Crippen LogP contribution >= 0.6 is 0 Å². The average molecular weight is 264 g/mol. The second-order valence-electron chi connectivity index (χ2n) is 4.22. The Morgan fingerprint density at radius 2 is 2.05 bits per heavy atom. The molecule has 0 heterocycles. The molecule has 0 N–H and O–H groups in total. The fourth-order valence-electron chi connectivity index (χ4n) is 1.49. The maximum absolute atomic E-state index is 13.3. The van der Waals surface area contributed by atoms with Gasteiger partial charge < -0.3 is 4.90 Å². The Bertz CT molecular complexity index is 514. The molecule has 19 heavy (non-hydrogen) atoms. The predicted molar refractivity (Wildman–Crippen MR) is 67.8 cm³/mol. The van der Waals surface area contributed by atoms with Crippen LogP contribution in [0.3, 0.4) is 0 Å². The van der Waals surface area contributed by atoms with Crippen molar-refractivity contribution in [3.05, 3.63) is 41.5 Å². The van der Waals surface area contributed by atoms with Gasteiger partial charge in [-0.25, -0.2) is 8.78 Å². The van der Waals surface area contributed by atoms with E-state index in [0.717, 1.165) is 24.3 Å². The molecule has 0 aliphatic carbocycles. The highest BCUT2D eigenvalue weighted by atomic mass is 19.1. The van der Waals surface area contributed by atoms with Gasteiger partial charge in [-0.1, -0.05) is 6.07 Å². The normalized spacial score (nSPS) is 12.2. The largest absolute Gasteiger partial charge is 0.341 e. The van der Waals surface area contributed by atoms with Crippen LogP contribution in [0.15, 0.2) is 24.3 Å². The third kappa shape index (κ3) is 4.18. The highest BCUT2D eigenvalue weighted by Crippen LogP contribution is 2.13. The standard InChI is InChI=1S/C14H14F2N2O/c1-10(8-17)9-18(2)14(19)7-6-11-12(15)4-3-5-13(11)16/h3-7,10H,9H2,1-2H3. The van der Waals surface area contributed by atoms with Crippen molar-refractivity contribution >= 4 is 12.0 Å². The highest BCUT2D eigenvalue weighted by Gasteiger charge is 2.10. The van der Waals surface area contributed by atoms with Gasteiger partial charge in [-0.2, -0.15) is 5.26 Å². The molecule has 1 rings (SSSR count). The molecule has 0 bridgehead atoms. The van der Waals surface area contributed by atoms with Crippen LogP contribution in [0, 0.1) is 28.9 Å². The summed E-state index contributed by atoms with van der Waals surface area (Å²) in [6.45, 7) is 1.95. The molecular weight excluding hydrogens is 250 g/mol. The Balaban J connectivity index is 2.77. The van der Waals surface area contributed by atoms with E-state index in [9.17, 15) is 13.6 Å². The summed E-state index contributed by atoms with van der Waals surface area (Å²) < 4.78 is 26.6. The van der Waals surface area contributed by atoms with Crippen molar-refractivity contribution in [1.29, 1.82) is 5.26 Å². The summed E-state index contributed by atoms with van der Waals surface area (Å²) in [4.78, 5) is 13.0. The summed E-state index contributed by atoms with van der Waals surface area (Å²) in [6.07, 6.45) is 2.19. The van der Waals surface area contributed by atoms with E-state index < -0.39 is 17.5 Å². The van der Waals surface area contributed by atoms with E-state index in [0.29, 0.717) is 0 Å². The zero-order valence-corrected chi connectivity index (χ0v) is 10.7. The number of likely N-dealkylation sites (N-methyl/N-ethyl adjacent to an activating group) is 1. The smallest absolute Gasteiger partial charge is 0.246 e. The van der Waals surface area contributed by atoms with Crippen molar-refractivity contribution in [2.24, 2.45) is 5.92 Å². The van der Waals surface area contributed by atoms with E-state index in [2.05, 4.69) is 0 Å². The fourth-order valence-corrected chi connectivity index (χ4v) is 1.49. The molecule has 3 nitrogen and oxygen atoms in total. The second-order valence-corrected chi connectivity index (χ2v) is 4.22. The summed E-state index contributed by atoms with van der Waals surface area (Å²) in [6, 6.07) is 5.50. The van der Waals surface area contributed by atoms with Gasteiger partial charge in [-0.3, -0.25) is 4.79 Å². The summed E-state index contributed by atoms with van der Waals surface area (Å²) in [5.41, 5.74) is -0.252. The first-order valence-electron chi connectivity index (χ1n) is 5.72. The summed E-state index contributed by atoms with van der Waals surface area (Å²) in [5.74, 6) is -2.16. The minimum atomic E-state index is -0.725. The van der Waals surface area contributed by atoms with Gasteiger partial charge in [0, 0.05) is 25.2 Å². The molecule has 1 aromatic carbocycles. The minimum absolute atomic E-state index is 0.252. The van der Waals surface area contributed by atoms with Gasteiger partial charge in [0.2, 0.25) is 5.91 Å². The van der Waals surface area contributed by atoms with Crippen LogP contribution in [0.1, 0.15) is 12.5 Å². The molecule has 0 radical (unpaired) electrons. The Labute approximate surface area is 110 Å². The van der Waals surface area contributed by atoms with Crippen LogP contribution in [0.4, 0.5) is 8.78 Å². The van der Waals surface area contributed by atoms with Crippen molar-refractivity contribution in [1.82, 2.24) is 4.90 Å². The van der Waals surface area contributed by atoms with E-state index >= 15 is 0 Å². The molecule has 0 aliphatic rings. The lowest BCUT2D eigenvalue weighted by molar-refractivity contribution is -0.125. The van der Waals surface area contributed by atoms with E-state index in [1.54, 1.807) is 6.92 Å². The van der Waals surface area contributed by atoms with Crippen molar-refractivity contribution < 1.29 is 13.6 Å². The number of nitriles is 1. The molecular formula is C14H14F2N2O. The lowest BCUT2D eigenvalue weighted by atomic mass is 10.1. The summed E-state index contributed by atoms with van der Waals surface area (Å²) in [5, 5.41) is 8.64. The molecule has 1 aromatic rings. The molecule has 0 saturated heterocycles. The molecule has 0 saturated carbocycles. The van der Waals surface area contributed by atoms with Crippen LogP contribution in [0.5, 0.6) is 0 Å². The molecule has 0 aliphatic heterocycles. The first kappa shape index (κ1) is 14.8. The number of carbonyl (C=O) groups excluding carboxylic acids is 1. The number of halogens is 2. The average Bonchev–Trinajstić information content (AvgIpc) is 2.37. The fraction of sp³-hybridized carbons (Fsp3) is 0.286. The quantitative estimate of drug-likeness (QED) is 0.784. The van der Waals surface area contributed by atoms with Gasteiger partial charge >= 0.3 is 0 Å². The lowest BCUT2D eigenvalue weighted by Gasteiger charge is -2.15. The Morgan fingerprint density at radius 1 is 1.47 bits per heavy atom. The summed E-state index contributed by atoms with van der Waals surface area (Å²) in [7, 11) is 1.53. The second kappa shape index (κ2) is 6.64. The van der Waals surface area contributed by atoms with E-state index in [4.69, 9.17) is 5.26 Å². The number of benzene rings is 1. The third-order valence-electron chi connectivity index (χ3n) is 2.54. The van der Waals surface area contributed by atoms with Gasteiger partial charge in [-0.15, -0.1) is 0 Å². The first-order valence-corrected chi connectivity index (χ1v) is 5.72. The number of rotatable bonds is 4. The zero-order valence-electron chi connectivity index (χ0n) is 10.7. The van der Waals surface area contributed by atoms with Gasteiger partial charge in [-0.05, 0) is 25.1 Å². The number of nitrogens with zero attached hydrogens (tertiary/aromatic N) is 2. The monoisotopic (exact) mass is 264 g/mol. The van der Waals surface area contributed by atoms with E-state index in [1.165, 1.54) is 18.0 Å². The lowest BCUT2D eigenvalue weighted by Crippen LogP contribution is -2.29. The van der Waals surface area contributed by atoms with Crippen LogP contribution in [0.2, 0.25) is 0 Å². The number of hydrogen-bond acceptors (Lipinski definition) is 2.